The smallest absolute Gasteiger partial charge is 0.0673 e. The first kappa shape index (κ1) is 9.50. The van der Waals surface area contributed by atoms with E-state index < -0.39 is 0 Å². The molecule has 12 heavy (non-hydrogen) atoms. The number of hydrogen-bond donors (Lipinski definition) is 0. The van der Waals surface area contributed by atoms with Gasteiger partial charge in [-0.3, -0.25) is 4.90 Å². The van der Waals surface area contributed by atoms with Gasteiger partial charge < -0.3 is 4.74 Å². The third-order valence-electron chi connectivity index (χ3n) is 2.08. The zero-order valence-electron chi connectivity index (χ0n) is 7.62. The van der Waals surface area contributed by atoms with Gasteiger partial charge in [-0.2, -0.15) is 5.26 Å². The minimum Gasteiger partial charge on any atom is -0.377 e. The molecule has 1 aliphatic heterocycles. The Kier molecular flexibility index (Phi) is 4.06. The fourth-order valence-corrected chi connectivity index (χ4v) is 1.49. The molecule has 0 bridgehead atoms. The lowest BCUT2D eigenvalue weighted by Crippen LogP contribution is -2.30. The van der Waals surface area contributed by atoms with E-state index in [0.29, 0.717) is 12.5 Å². The molecular weight excluding hydrogens is 152 g/mol. The summed E-state index contributed by atoms with van der Waals surface area (Å²) in [4.78, 5) is 2.31. The van der Waals surface area contributed by atoms with E-state index >= 15 is 0 Å². The van der Waals surface area contributed by atoms with E-state index in [1.807, 2.05) is 0 Å². The van der Waals surface area contributed by atoms with Crippen molar-refractivity contribution in [1.82, 2.24) is 4.90 Å². The molecule has 0 unspecified atom stereocenters. The summed E-state index contributed by atoms with van der Waals surface area (Å²) in [6, 6.07) is 2.17. The van der Waals surface area contributed by atoms with E-state index in [1.54, 1.807) is 0 Å². The van der Waals surface area contributed by atoms with Crippen molar-refractivity contribution >= 4 is 0 Å². The summed E-state index contributed by atoms with van der Waals surface area (Å²) < 4.78 is 5.49. The summed E-state index contributed by atoms with van der Waals surface area (Å²) in [5.41, 5.74) is 0. The first-order chi connectivity index (χ1) is 5.83. The van der Waals surface area contributed by atoms with Gasteiger partial charge in [-0.1, -0.05) is 0 Å². The van der Waals surface area contributed by atoms with Crippen molar-refractivity contribution in [3.63, 3.8) is 0 Å². The number of nitriles is 1. The van der Waals surface area contributed by atoms with Crippen LogP contribution in [-0.2, 0) is 4.74 Å². The minimum absolute atomic E-state index is 0.325. The molecule has 68 valence electrons. The summed E-state index contributed by atoms with van der Waals surface area (Å²) in [6.07, 6.45) is 2.05. The Balaban J connectivity index is 2.27. The molecule has 0 aromatic rings. The third-order valence-corrected chi connectivity index (χ3v) is 2.08. The second-order valence-corrected chi connectivity index (χ2v) is 3.24. The predicted molar refractivity (Wildman–Crippen MR) is 46.7 cm³/mol. The van der Waals surface area contributed by atoms with Crippen LogP contribution in [0.25, 0.3) is 0 Å². The van der Waals surface area contributed by atoms with Crippen LogP contribution in [0, 0.1) is 11.3 Å². The normalized spacial score (nSPS) is 26.2. The number of nitrogens with zero attached hydrogens (tertiary/aromatic N) is 2. The monoisotopic (exact) mass is 168 g/mol. The lowest BCUT2D eigenvalue weighted by atomic mass is 10.3. The van der Waals surface area contributed by atoms with Crippen LogP contribution in [0.3, 0.4) is 0 Å². The van der Waals surface area contributed by atoms with E-state index in [1.165, 1.54) is 0 Å². The largest absolute Gasteiger partial charge is 0.377 e. The van der Waals surface area contributed by atoms with E-state index in [-0.39, 0.29) is 0 Å². The van der Waals surface area contributed by atoms with Gasteiger partial charge in [0.05, 0.1) is 12.2 Å². The van der Waals surface area contributed by atoms with Gasteiger partial charge in [-0.05, 0) is 13.3 Å². The van der Waals surface area contributed by atoms with Gasteiger partial charge in [0, 0.05) is 32.7 Å². The zero-order valence-corrected chi connectivity index (χ0v) is 7.62. The third kappa shape index (κ3) is 3.21. The highest BCUT2D eigenvalue weighted by Crippen LogP contribution is 2.05. The maximum Gasteiger partial charge on any atom is 0.0673 e. The Morgan fingerprint density at radius 1 is 1.67 bits per heavy atom. The van der Waals surface area contributed by atoms with Crippen LogP contribution >= 0.6 is 0 Å². The molecule has 0 aliphatic carbocycles. The van der Waals surface area contributed by atoms with Crippen molar-refractivity contribution in [2.45, 2.75) is 25.9 Å². The maximum atomic E-state index is 8.43. The van der Waals surface area contributed by atoms with E-state index in [9.17, 15) is 0 Å². The zero-order chi connectivity index (χ0) is 8.81. The van der Waals surface area contributed by atoms with Crippen molar-refractivity contribution in [3.05, 3.63) is 0 Å². The summed E-state index contributed by atoms with van der Waals surface area (Å²) >= 11 is 0. The van der Waals surface area contributed by atoms with Crippen LogP contribution in [0.2, 0.25) is 0 Å². The Morgan fingerprint density at radius 3 is 3.25 bits per heavy atom. The van der Waals surface area contributed by atoms with Crippen LogP contribution in [0.4, 0.5) is 0 Å². The molecule has 1 fully saturated rings. The van der Waals surface area contributed by atoms with Crippen molar-refractivity contribution in [2.75, 3.05) is 26.2 Å². The van der Waals surface area contributed by atoms with Gasteiger partial charge in [0.15, 0.2) is 0 Å². The van der Waals surface area contributed by atoms with E-state index in [0.717, 1.165) is 32.7 Å². The molecule has 0 radical (unpaired) electrons. The summed E-state index contributed by atoms with van der Waals surface area (Å²) in [7, 11) is 0. The highest BCUT2D eigenvalue weighted by atomic mass is 16.5. The molecule has 0 aromatic carbocycles. The van der Waals surface area contributed by atoms with Crippen LogP contribution in [0.15, 0.2) is 0 Å². The number of ether oxygens (including phenoxy) is 1. The highest BCUT2D eigenvalue weighted by Gasteiger charge is 2.13. The molecule has 1 saturated heterocycles. The average Bonchev–Trinajstić information content (AvgIpc) is 2.26. The number of rotatable bonds is 2. The molecule has 0 N–H and O–H groups in total. The van der Waals surface area contributed by atoms with E-state index in [2.05, 4.69) is 17.9 Å². The Labute approximate surface area is 73.9 Å². The van der Waals surface area contributed by atoms with Crippen molar-refractivity contribution in [1.29, 1.82) is 5.26 Å². The van der Waals surface area contributed by atoms with Crippen LogP contribution in [0.1, 0.15) is 19.8 Å². The molecule has 0 spiro atoms. The lowest BCUT2D eigenvalue weighted by molar-refractivity contribution is 0.0680. The lowest BCUT2D eigenvalue weighted by Gasteiger charge is -2.19. The van der Waals surface area contributed by atoms with Gasteiger partial charge in [0.1, 0.15) is 0 Å². The molecule has 0 amide bonds. The van der Waals surface area contributed by atoms with Crippen LogP contribution in [-0.4, -0.2) is 37.2 Å². The Bertz CT molecular complexity index is 164. The average molecular weight is 168 g/mol. The molecule has 0 saturated carbocycles. The number of hydrogen-bond acceptors (Lipinski definition) is 3. The fraction of sp³-hybridized carbons (Fsp3) is 0.889. The second kappa shape index (κ2) is 5.13. The minimum atomic E-state index is 0.325. The van der Waals surface area contributed by atoms with Crippen molar-refractivity contribution < 1.29 is 4.74 Å². The predicted octanol–water partition coefficient (Wildman–Crippen LogP) is 1.01. The topological polar surface area (TPSA) is 36.3 Å². The highest BCUT2D eigenvalue weighted by molar-refractivity contribution is 4.74. The van der Waals surface area contributed by atoms with Crippen LogP contribution < -0.4 is 0 Å². The fourth-order valence-electron chi connectivity index (χ4n) is 1.49. The molecule has 0 aromatic heterocycles. The summed E-state index contributed by atoms with van der Waals surface area (Å²) in [6.45, 7) is 5.90. The molecule has 1 aliphatic rings. The molecule has 3 nitrogen and oxygen atoms in total. The molecule has 1 rings (SSSR count). The van der Waals surface area contributed by atoms with Gasteiger partial charge in [0.2, 0.25) is 0 Å². The van der Waals surface area contributed by atoms with Gasteiger partial charge >= 0.3 is 0 Å². The van der Waals surface area contributed by atoms with Gasteiger partial charge in [0.25, 0.3) is 0 Å². The maximum absolute atomic E-state index is 8.43. The van der Waals surface area contributed by atoms with Gasteiger partial charge in [-0.15, -0.1) is 0 Å². The molecule has 3 heteroatoms. The van der Waals surface area contributed by atoms with E-state index in [4.69, 9.17) is 10.00 Å². The quantitative estimate of drug-likeness (QED) is 0.617. The Morgan fingerprint density at radius 2 is 2.50 bits per heavy atom. The van der Waals surface area contributed by atoms with Crippen molar-refractivity contribution in [2.24, 2.45) is 0 Å². The molecule has 1 heterocycles. The second-order valence-electron chi connectivity index (χ2n) is 3.24. The van der Waals surface area contributed by atoms with Crippen LogP contribution in [0.5, 0.6) is 0 Å². The van der Waals surface area contributed by atoms with Gasteiger partial charge in [-0.25, -0.2) is 0 Å². The standard InChI is InChI=1S/C9H16N2O/c1-9-8-11(5-2-4-10)6-3-7-12-9/h9H,2-3,5-8H2,1H3/t9-/m1/s1. The van der Waals surface area contributed by atoms with Crippen molar-refractivity contribution in [3.8, 4) is 6.07 Å². The SMILES string of the molecule is C[C@@H]1CN(CCC#N)CCCO1. The first-order valence-electron chi connectivity index (χ1n) is 4.54. The Hall–Kier alpha value is -0.590. The molecule has 1 atom stereocenters. The molecular formula is C9H16N2O. The summed E-state index contributed by atoms with van der Waals surface area (Å²) in [5.74, 6) is 0. The summed E-state index contributed by atoms with van der Waals surface area (Å²) in [5, 5.41) is 8.43. The first-order valence-corrected chi connectivity index (χ1v) is 4.54.